The van der Waals surface area contributed by atoms with Crippen molar-refractivity contribution < 1.29 is 23.8 Å². The Labute approximate surface area is 180 Å². The molecule has 0 spiro atoms. The molecule has 0 radical (unpaired) electrons. The second-order valence-electron chi connectivity index (χ2n) is 6.47. The lowest BCUT2D eigenvalue weighted by atomic mass is 10.0. The fourth-order valence-corrected chi connectivity index (χ4v) is 3.80. The molecule has 1 aliphatic heterocycles. The summed E-state index contributed by atoms with van der Waals surface area (Å²) in [5.41, 5.74) is 2.43. The molecular formula is C23H23NO5S. The zero-order valence-corrected chi connectivity index (χ0v) is 18.3. The summed E-state index contributed by atoms with van der Waals surface area (Å²) in [7, 11) is 4.40. The molecule has 1 amide bonds. The van der Waals surface area contributed by atoms with E-state index in [0.29, 0.717) is 28.4 Å². The Hall–Kier alpha value is -3.19. The number of carbonyl (C=O) groups excluding carboxylic acids is 2. The van der Waals surface area contributed by atoms with Crippen molar-refractivity contribution in [1.29, 1.82) is 0 Å². The highest BCUT2D eigenvalue weighted by Crippen LogP contribution is 2.37. The smallest absolute Gasteiger partial charge is 0.340 e. The predicted molar refractivity (Wildman–Crippen MR) is 118 cm³/mol. The Balaban J connectivity index is 2.13. The number of benzene rings is 2. The number of allylic oxidation sites excluding steroid dienone is 1. The van der Waals surface area contributed by atoms with Crippen molar-refractivity contribution >= 4 is 35.4 Å². The standard InChI is InChI=1S/C23H23NO5S/c1-14-21(23(26)29-4)18(11-15-9-10-19(27-2)20(12-15)28-3)22(25)24(14)16-7-6-8-17(13-16)30-5/h6-13H,1-5H3/b18-11-. The summed E-state index contributed by atoms with van der Waals surface area (Å²) < 4.78 is 15.6. The van der Waals surface area contributed by atoms with Crippen LogP contribution in [0.4, 0.5) is 5.69 Å². The van der Waals surface area contributed by atoms with Gasteiger partial charge in [0.25, 0.3) is 5.91 Å². The Bertz CT molecular complexity index is 1060. The normalized spacial score (nSPS) is 15.0. The van der Waals surface area contributed by atoms with Gasteiger partial charge in [0, 0.05) is 10.6 Å². The van der Waals surface area contributed by atoms with Gasteiger partial charge < -0.3 is 14.2 Å². The Morgan fingerprint density at radius 3 is 2.40 bits per heavy atom. The highest BCUT2D eigenvalue weighted by Gasteiger charge is 2.38. The summed E-state index contributed by atoms with van der Waals surface area (Å²) in [4.78, 5) is 28.5. The van der Waals surface area contributed by atoms with E-state index in [1.54, 1.807) is 62.1 Å². The molecule has 0 saturated heterocycles. The summed E-state index contributed by atoms with van der Waals surface area (Å²) >= 11 is 1.58. The molecule has 2 aromatic rings. The lowest BCUT2D eigenvalue weighted by Crippen LogP contribution is -2.24. The maximum atomic E-state index is 13.4. The second-order valence-corrected chi connectivity index (χ2v) is 7.35. The molecule has 0 fully saturated rings. The maximum absolute atomic E-state index is 13.4. The van der Waals surface area contributed by atoms with Crippen LogP contribution in [-0.4, -0.2) is 39.5 Å². The van der Waals surface area contributed by atoms with Gasteiger partial charge in [-0.1, -0.05) is 12.1 Å². The largest absolute Gasteiger partial charge is 0.493 e. The minimum Gasteiger partial charge on any atom is -0.493 e. The molecule has 1 heterocycles. The number of carbonyl (C=O) groups is 2. The van der Waals surface area contributed by atoms with Crippen LogP contribution in [0.5, 0.6) is 11.5 Å². The van der Waals surface area contributed by atoms with Crippen LogP contribution >= 0.6 is 11.8 Å². The molecule has 0 saturated carbocycles. The van der Waals surface area contributed by atoms with Crippen molar-refractivity contribution in [3.63, 3.8) is 0 Å². The number of nitrogens with zero attached hydrogens (tertiary/aromatic N) is 1. The van der Waals surface area contributed by atoms with Crippen LogP contribution in [0, 0.1) is 0 Å². The van der Waals surface area contributed by atoms with E-state index >= 15 is 0 Å². The maximum Gasteiger partial charge on any atom is 0.340 e. The molecule has 7 heteroatoms. The summed E-state index contributed by atoms with van der Waals surface area (Å²) in [5, 5.41) is 0. The lowest BCUT2D eigenvalue weighted by molar-refractivity contribution is -0.136. The fourth-order valence-electron chi connectivity index (χ4n) is 3.35. The van der Waals surface area contributed by atoms with Crippen LogP contribution in [0.1, 0.15) is 12.5 Å². The van der Waals surface area contributed by atoms with Gasteiger partial charge in [0.05, 0.1) is 38.2 Å². The first-order chi connectivity index (χ1) is 14.4. The van der Waals surface area contributed by atoms with Gasteiger partial charge >= 0.3 is 5.97 Å². The average Bonchev–Trinajstić information content (AvgIpc) is 3.02. The van der Waals surface area contributed by atoms with Crippen LogP contribution in [-0.2, 0) is 14.3 Å². The highest BCUT2D eigenvalue weighted by atomic mass is 32.2. The lowest BCUT2D eigenvalue weighted by Gasteiger charge is -2.18. The number of methoxy groups -OCH3 is 3. The number of amides is 1. The molecule has 0 atom stereocenters. The van der Waals surface area contributed by atoms with Gasteiger partial charge in [0.1, 0.15) is 0 Å². The van der Waals surface area contributed by atoms with E-state index in [9.17, 15) is 9.59 Å². The fraction of sp³-hybridized carbons (Fsp3) is 0.217. The molecule has 0 N–H and O–H groups in total. The molecule has 1 aliphatic rings. The van der Waals surface area contributed by atoms with E-state index in [0.717, 1.165) is 4.90 Å². The van der Waals surface area contributed by atoms with Crippen LogP contribution < -0.4 is 14.4 Å². The highest BCUT2D eigenvalue weighted by molar-refractivity contribution is 7.98. The zero-order valence-electron chi connectivity index (χ0n) is 17.5. The Morgan fingerprint density at radius 1 is 1.03 bits per heavy atom. The third kappa shape index (κ3) is 3.93. The molecule has 0 unspecified atom stereocenters. The van der Waals surface area contributed by atoms with Crippen molar-refractivity contribution in [2.24, 2.45) is 0 Å². The molecule has 2 aromatic carbocycles. The summed E-state index contributed by atoms with van der Waals surface area (Å²) in [6.45, 7) is 1.74. The molecular weight excluding hydrogens is 402 g/mol. The predicted octanol–water partition coefficient (Wildman–Crippen LogP) is 4.30. The molecule has 3 rings (SSSR count). The minimum absolute atomic E-state index is 0.242. The first kappa shape index (κ1) is 21.5. The number of thioether (sulfide) groups is 1. The molecule has 0 aliphatic carbocycles. The summed E-state index contributed by atoms with van der Waals surface area (Å²) in [5.74, 6) is 0.256. The summed E-state index contributed by atoms with van der Waals surface area (Å²) in [6.07, 6.45) is 3.63. The van der Waals surface area contributed by atoms with E-state index in [1.807, 2.05) is 30.5 Å². The molecule has 6 nitrogen and oxygen atoms in total. The number of ether oxygens (including phenoxy) is 3. The topological polar surface area (TPSA) is 65.1 Å². The van der Waals surface area contributed by atoms with Gasteiger partial charge in [-0.2, -0.15) is 0 Å². The van der Waals surface area contributed by atoms with Crippen LogP contribution in [0.25, 0.3) is 6.08 Å². The van der Waals surface area contributed by atoms with Gasteiger partial charge in [0.2, 0.25) is 0 Å². The second kappa shape index (κ2) is 9.09. The van der Waals surface area contributed by atoms with E-state index in [-0.39, 0.29) is 17.1 Å². The number of rotatable bonds is 6. The van der Waals surface area contributed by atoms with Crippen molar-refractivity contribution in [3.8, 4) is 11.5 Å². The number of hydrogen-bond donors (Lipinski definition) is 0. The quantitative estimate of drug-likeness (QED) is 0.391. The summed E-state index contributed by atoms with van der Waals surface area (Å²) in [6, 6.07) is 12.9. The average molecular weight is 426 g/mol. The molecule has 156 valence electrons. The first-order valence-electron chi connectivity index (χ1n) is 9.17. The van der Waals surface area contributed by atoms with E-state index in [1.165, 1.54) is 7.11 Å². The third-order valence-electron chi connectivity index (χ3n) is 4.82. The molecule has 30 heavy (non-hydrogen) atoms. The van der Waals surface area contributed by atoms with Gasteiger partial charge in [-0.3, -0.25) is 9.69 Å². The Morgan fingerprint density at radius 2 is 1.77 bits per heavy atom. The zero-order chi connectivity index (χ0) is 21.8. The van der Waals surface area contributed by atoms with E-state index in [4.69, 9.17) is 14.2 Å². The third-order valence-corrected chi connectivity index (χ3v) is 5.55. The monoisotopic (exact) mass is 425 g/mol. The van der Waals surface area contributed by atoms with Crippen LogP contribution in [0.15, 0.2) is 64.2 Å². The minimum atomic E-state index is -0.559. The van der Waals surface area contributed by atoms with Crippen molar-refractivity contribution in [2.45, 2.75) is 11.8 Å². The SMILES string of the molecule is COC(=O)C1=C(C)N(c2cccc(SC)c2)C(=O)/C1=C\c1ccc(OC)c(OC)c1. The molecule has 0 aromatic heterocycles. The first-order valence-corrected chi connectivity index (χ1v) is 10.4. The van der Waals surface area contributed by atoms with Gasteiger partial charge in [-0.05, 0) is 55.2 Å². The number of esters is 1. The molecule has 0 bridgehead atoms. The van der Waals surface area contributed by atoms with Gasteiger partial charge in [-0.25, -0.2) is 4.79 Å². The van der Waals surface area contributed by atoms with E-state index < -0.39 is 5.97 Å². The van der Waals surface area contributed by atoms with Gasteiger partial charge in [0.15, 0.2) is 11.5 Å². The van der Waals surface area contributed by atoms with Crippen LogP contribution in [0.2, 0.25) is 0 Å². The van der Waals surface area contributed by atoms with Gasteiger partial charge in [-0.15, -0.1) is 11.8 Å². The Kier molecular flexibility index (Phi) is 6.52. The number of hydrogen-bond acceptors (Lipinski definition) is 6. The van der Waals surface area contributed by atoms with E-state index in [2.05, 4.69) is 0 Å². The number of anilines is 1. The van der Waals surface area contributed by atoms with Crippen molar-refractivity contribution in [1.82, 2.24) is 0 Å². The van der Waals surface area contributed by atoms with Crippen molar-refractivity contribution in [2.75, 3.05) is 32.5 Å². The van der Waals surface area contributed by atoms with Crippen LogP contribution in [0.3, 0.4) is 0 Å². The van der Waals surface area contributed by atoms with Crippen molar-refractivity contribution in [3.05, 3.63) is 64.9 Å².